The molecule has 2 rings (SSSR count). The van der Waals surface area contributed by atoms with Gasteiger partial charge >= 0.3 is 0 Å². The number of carbonyl (C=O) groups excluding carboxylic acids is 3. The quantitative estimate of drug-likeness (QED) is 0.734. The molecule has 0 fully saturated rings. The van der Waals surface area contributed by atoms with Gasteiger partial charge in [-0.3, -0.25) is 14.4 Å². The Kier molecular flexibility index (Phi) is 7.56. The molecule has 0 aliphatic rings. The normalized spacial score (nSPS) is 10.1. The van der Waals surface area contributed by atoms with Crippen LogP contribution >= 0.6 is 0 Å². The lowest BCUT2D eigenvalue weighted by Gasteiger charge is -2.20. The second-order valence-electron chi connectivity index (χ2n) is 6.24. The van der Waals surface area contributed by atoms with Crippen LogP contribution in [0.15, 0.2) is 48.5 Å². The first-order valence-corrected chi connectivity index (χ1v) is 8.99. The molecule has 0 saturated carbocycles. The molecule has 2 aromatic carbocycles. The molecule has 7 heteroatoms. The summed E-state index contributed by atoms with van der Waals surface area (Å²) in [7, 11) is 1.59. The predicted molar refractivity (Wildman–Crippen MR) is 108 cm³/mol. The van der Waals surface area contributed by atoms with Crippen molar-refractivity contribution in [2.24, 2.45) is 0 Å². The first-order chi connectivity index (χ1) is 13.4. The van der Waals surface area contributed by atoms with Crippen molar-refractivity contribution < 1.29 is 19.1 Å². The molecule has 0 aliphatic heterocycles. The topological polar surface area (TPSA) is 87.7 Å². The highest BCUT2D eigenvalue weighted by Crippen LogP contribution is 2.14. The molecule has 2 N–H and O–H groups in total. The number of benzene rings is 2. The average Bonchev–Trinajstić information content (AvgIpc) is 2.67. The number of likely N-dealkylation sites (N-methyl/N-ethyl adjacent to an activating group) is 1. The summed E-state index contributed by atoms with van der Waals surface area (Å²) in [4.78, 5) is 37.3. The summed E-state index contributed by atoms with van der Waals surface area (Å²) in [6, 6.07) is 14.1. The van der Waals surface area contributed by atoms with Gasteiger partial charge in [0.15, 0.2) is 0 Å². The summed E-state index contributed by atoms with van der Waals surface area (Å²) < 4.78 is 5.11. The maximum atomic E-state index is 12.5. The van der Waals surface area contributed by atoms with Gasteiger partial charge in [0.05, 0.1) is 20.1 Å². The van der Waals surface area contributed by atoms with E-state index >= 15 is 0 Å². The number of amides is 3. The van der Waals surface area contributed by atoms with Crippen LogP contribution in [-0.2, 0) is 20.8 Å². The number of hydrogen-bond acceptors (Lipinski definition) is 4. The Bertz CT molecular complexity index is 817. The molecular weight excluding hydrogens is 358 g/mol. The molecule has 3 amide bonds. The fourth-order valence-electron chi connectivity index (χ4n) is 2.62. The van der Waals surface area contributed by atoms with E-state index in [0.29, 0.717) is 17.9 Å². The minimum Gasteiger partial charge on any atom is -0.497 e. The van der Waals surface area contributed by atoms with E-state index in [1.165, 1.54) is 11.8 Å². The molecule has 0 atom stereocenters. The van der Waals surface area contributed by atoms with Crippen molar-refractivity contribution in [3.8, 4) is 5.75 Å². The Hall–Kier alpha value is -3.35. The predicted octanol–water partition coefficient (Wildman–Crippen LogP) is 2.68. The molecule has 0 saturated heterocycles. The van der Waals surface area contributed by atoms with Crippen molar-refractivity contribution in [2.45, 2.75) is 20.3 Å². The largest absolute Gasteiger partial charge is 0.497 e. The Morgan fingerprint density at radius 2 is 1.50 bits per heavy atom. The molecule has 28 heavy (non-hydrogen) atoms. The van der Waals surface area contributed by atoms with Crippen LogP contribution in [0, 0.1) is 0 Å². The van der Waals surface area contributed by atoms with E-state index in [0.717, 1.165) is 11.3 Å². The zero-order valence-corrected chi connectivity index (χ0v) is 16.3. The molecule has 148 valence electrons. The number of carbonyl (C=O) groups is 3. The van der Waals surface area contributed by atoms with Gasteiger partial charge in [0.25, 0.3) is 0 Å². The van der Waals surface area contributed by atoms with Gasteiger partial charge in [0, 0.05) is 24.8 Å². The zero-order valence-electron chi connectivity index (χ0n) is 16.3. The molecule has 0 spiro atoms. The highest BCUT2D eigenvalue weighted by atomic mass is 16.5. The molecular formula is C21H25N3O4. The van der Waals surface area contributed by atoms with E-state index in [1.807, 2.05) is 19.1 Å². The Morgan fingerprint density at radius 3 is 2.00 bits per heavy atom. The second kappa shape index (κ2) is 10.1. The van der Waals surface area contributed by atoms with E-state index in [1.54, 1.807) is 43.5 Å². The number of methoxy groups -OCH3 is 1. The molecule has 2 aromatic rings. The molecule has 0 aliphatic carbocycles. The van der Waals surface area contributed by atoms with Crippen LogP contribution in [-0.4, -0.2) is 42.8 Å². The van der Waals surface area contributed by atoms with Crippen molar-refractivity contribution in [1.29, 1.82) is 0 Å². The van der Waals surface area contributed by atoms with E-state index in [-0.39, 0.29) is 30.7 Å². The minimum atomic E-state index is -0.280. The number of nitrogens with one attached hydrogen (secondary N) is 2. The van der Waals surface area contributed by atoms with Crippen LogP contribution in [0.1, 0.15) is 19.4 Å². The highest BCUT2D eigenvalue weighted by molar-refractivity contribution is 5.95. The average molecular weight is 383 g/mol. The first kappa shape index (κ1) is 21.0. The van der Waals surface area contributed by atoms with Crippen molar-refractivity contribution in [3.63, 3.8) is 0 Å². The van der Waals surface area contributed by atoms with Crippen LogP contribution in [0.2, 0.25) is 0 Å². The van der Waals surface area contributed by atoms with E-state index in [4.69, 9.17) is 4.74 Å². The Balaban J connectivity index is 1.90. The molecule has 0 heterocycles. The van der Waals surface area contributed by atoms with Gasteiger partial charge in [-0.15, -0.1) is 0 Å². The smallest absolute Gasteiger partial charge is 0.243 e. The molecule has 0 aromatic heterocycles. The van der Waals surface area contributed by atoms with Crippen molar-refractivity contribution in [1.82, 2.24) is 4.90 Å². The van der Waals surface area contributed by atoms with Crippen LogP contribution in [0.25, 0.3) is 0 Å². The van der Waals surface area contributed by atoms with Crippen molar-refractivity contribution in [3.05, 3.63) is 54.1 Å². The molecule has 0 bridgehead atoms. The standard InChI is InChI=1S/C21H25N3O4/c1-4-24(21(27)13-16-5-11-19(28-3)12-6-16)14-20(26)23-18-9-7-17(8-10-18)22-15(2)25/h5-12H,4,13-14H2,1-3H3,(H,22,25)(H,23,26). The van der Waals surface area contributed by atoms with Crippen molar-refractivity contribution in [2.75, 3.05) is 30.8 Å². The van der Waals surface area contributed by atoms with E-state index < -0.39 is 0 Å². The van der Waals surface area contributed by atoms with Crippen LogP contribution in [0.5, 0.6) is 5.75 Å². The molecule has 7 nitrogen and oxygen atoms in total. The van der Waals surface area contributed by atoms with Gasteiger partial charge in [0.1, 0.15) is 5.75 Å². The number of anilines is 2. The van der Waals surface area contributed by atoms with Crippen molar-refractivity contribution >= 4 is 29.1 Å². The van der Waals surface area contributed by atoms with E-state index in [2.05, 4.69) is 10.6 Å². The summed E-state index contributed by atoms with van der Waals surface area (Å²) in [6.07, 6.45) is 0.219. The second-order valence-corrected chi connectivity index (χ2v) is 6.24. The third-order valence-corrected chi connectivity index (χ3v) is 4.07. The summed E-state index contributed by atoms with van der Waals surface area (Å²) in [5, 5.41) is 5.42. The summed E-state index contributed by atoms with van der Waals surface area (Å²) in [6.45, 7) is 3.67. The summed E-state index contributed by atoms with van der Waals surface area (Å²) in [5.74, 6) is 0.166. The highest BCUT2D eigenvalue weighted by Gasteiger charge is 2.16. The summed E-state index contributed by atoms with van der Waals surface area (Å²) in [5.41, 5.74) is 2.10. The summed E-state index contributed by atoms with van der Waals surface area (Å²) >= 11 is 0. The van der Waals surface area contributed by atoms with Crippen LogP contribution in [0.4, 0.5) is 11.4 Å². The number of ether oxygens (including phenoxy) is 1. The van der Waals surface area contributed by atoms with Crippen LogP contribution in [0.3, 0.4) is 0 Å². The van der Waals surface area contributed by atoms with Gasteiger partial charge in [-0.05, 0) is 48.9 Å². The zero-order chi connectivity index (χ0) is 20.5. The maximum Gasteiger partial charge on any atom is 0.243 e. The number of nitrogens with zero attached hydrogens (tertiary/aromatic N) is 1. The van der Waals surface area contributed by atoms with Crippen LogP contribution < -0.4 is 15.4 Å². The SMILES string of the molecule is CCN(CC(=O)Nc1ccc(NC(C)=O)cc1)C(=O)Cc1ccc(OC)cc1. The lowest BCUT2D eigenvalue weighted by atomic mass is 10.1. The minimum absolute atomic E-state index is 0.0288. The van der Waals surface area contributed by atoms with Gasteiger partial charge in [-0.2, -0.15) is 0 Å². The first-order valence-electron chi connectivity index (χ1n) is 8.99. The monoisotopic (exact) mass is 383 g/mol. The Morgan fingerprint density at radius 1 is 0.929 bits per heavy atom. The number of hydrogen-bond donors (Lipinski definition) is 2. The Labute approximate surface area is 164 Å². The third kappa shape index (κ3) is 6.42. The fraction of sp³-hybridized carbons (Fsp3) is 0.286. The van der Waals surface area contributed by atoms with Gasteiger partial charge < -0.3 is 20.3 Å². The third-order valence-electron chi connectivity index (χ3n) is 4.07. The maximum absolute atomic E-state index is 12.5. The molecule has 0 unspecified atom stereocenters. The van der Waals surface area contributed by atoms with Gasteiger partial charge in [-0.1, -0.05) is 12.1 Å². The molecule has 0 radical (unpaired) electrons. The van der Waals surface area contributed by atoms with Gasteiger partial charge in [-0.25, -0.2) is 0 Å². The van der Waals surface area contributed by atoms with E-state index in [9.17, 15) is 14.4 Å². The van der Waals surface area contributed by atoms with Gasteiger partial charge in [0.2, 0.25) is 17.7 Å². The lowest BCUT2D eigenvalue weighted by Crippen LogP contribution is -2.38. The lowest BCUT2D eigenvalue weighted by molar-refractivity contribution is -0.133. The number of rotatable bonds is 8. The fourth-order valence-corrected chi connectivity index (χ4v) is 2.62.